The van der Waals surface area contributed by atoms with Gasteiger partial charge in [0.2, 0.25) is 0 Å². The molecule has 108 valence electrons. The van der Waals surface area contributed by atoms with Crippen LogP contribution in [0, 0.1) is 6.92 Å². The number of quaternary nitrogens is 1. The largest absolute Gasteiger partial charge is 0.490 e. The lowest BCUT2D eigenvalue weighted by Crippen LogP contribution is -2.85. The Bertz CT molecular complexity index is 358. The number of benzene rings is 1. The van der Waals surface area contributed by atoms with Gasteiger partial charge in [0, 0.05) is 0 Å². The molecule has 0 amide bonds. The molecule has 0 heterocycles. The Morgan fingerprint density at radius 1 is 1.16 bits per heavy atom. The molecule has 1 rings (SSSR count). The van der Waals surface area contributed by atoms with Gasteiger partial charge in [-0.15, -0.1) is 0 Å². The lowest BCUT2D eigenvalue weighted by Gasteiger charge is -2.09. The SMILES string of the molecule is CCCC[NH2+]CCOCCOc1cc(C)ccc1Cl. The minimum absolute atomic E-state index is 0.540. The summed E-state index contributed by atoms with van der Waals surface area (Å²) >= 11 is 6.04. The van der Waals surface area contributed by atoms with Gasteiger partial charge in [0.15, 0.2) is 0 Å². The van der Waals surface area contributed by atoms with Crippen LogP contribution in [0.25, 0.3) is 0 Å². The maximum absolute atomic E-state index is 6.04. The Kier molecular flexibility index (Phi) is 8.63. The molecule has 0 radical (unpaired) electrons. The molecule has 0 saturated heterocycles. The third kappa shape index (κ3) is 7.41. The number of hydrogen-bond acceptors (Lipinski definition) is 2. The van der Waals surface area contributed by atoms with Crippen molar-refractivity contribution in [1.29, 1.82) is 0 Å². The lowest BCUT2D eigenvalue weighted by atomic mass is 10.2. The Hall–Kier alpha value is -0.770. The monoisotopic (exact) mass is 286 g/mol. The summed E-state index contributed by atoms with van der Waals surface area (Å²) in [5.74, 6) is 0.736. The maximum atomic E-state index is 6.04. The second-order valence-corrected chi connectivity index (χ2v) is 5.02. The van der Waals surface area contributed by atoms with Crippen molar-refractivity contribution in [3.8, 4) is 5.75 Å². The average Bonchev–Trinajstić information content (AvgIpc) is 2.40. The van der Waals surface area contributed by atoms with E-state index in [9.17, 15) is 0 Å². The van der Waals surface area contributed by atoms with Crippen molar-refractivity contribution in [3.63, 3.8) is 0 Å². The van der Waals surface area contributed by atoms with E-state index in [0.29, 0.717) is 18.2 Å². The molecule has 3 nitrogen and oxygen atoms in total. The molecule has 0 aliphatic carbocycles. The van der Waals surface area contributed by atoms with Crippen LogP contribution >= 0.6 is 11.6 Å². The van der Waals surface area contributed by atoms with E-state index < -0.39 is 0 Å². The zero-order chi connectivity index (χ0) is 13.9. The summed E-state index contributed by atoms with van der Waals surface area (Å²) in [6, 6.07) is 5.77. The van der Waals surface area contributed by atoms with Crippen LogP contribution in [0.3, 0.4) is 0 Å². The topological polar surface area (TPSA) is 35.1 Å². The smallest absolute Gasteiger partial charge is 0.138 e. The quantitative estimate of drug-likeness (QED) is 0.671. The normalized spacial score (nSPS) is 10.7. The highest BCUT2D eigenvalue weighted by atomic mass is 35.5. The molecule has 0 aliphatic heterocycles. The van der Waals surface area contributed by atoms with E-state index in [0.717, 1.165) is 24.5 Å². The van der Waals surface area contributed by atoms with Gasteiger partial charge < -0.3 is 14.8 Å². The first-order valence-corrected chi connectivity index (χ1v) is 7.40. The number of unbranched alkanes of at least 4 members (excludes halogenated alkanes) is 1. The first-order chi connectivity index (χ1) is 9.24. The van der Waals surface area contributed by atoms with Crippen LogP contribution in [0.15, 0.2) is 18.2 Å². The standard InChI is InChI=1S/C15H24ClNO2/c1-3-4-7-17-8-9-18-10-11-19-15-12-13(2)5-6-14(15)16/h5-6,12,17H,3-4,7-11H2,1-2H3/p+1. The number of rotatable bonds is 10. The highest BCUT2D eigenvalue weighted by Gasteiger charge is 2.01. The molecular formula is C15H25ClNO2+. The molecule has 0 unspecified atom stereocenters. The second-order valence-electron chi connectivity index (χ2n) is 4.61. The van der Waals surface area contributed by atoms with Gasteiger partial charge in [-0.1, -0.05) is 31.0 Å². The predicted octanol–water partition coefficient (Wildman–Crippen LogP) is 2.41. The van der Waals surface area contributed by atoms with Gasteiger partial charge in [-0.25, -0.2) is 0 Å². The van der Waals surface area contributed by atoms with Gasteiger partial charge >= 0.3 is 0 Å². The minimum atomic E-state index is 0.540. The van der Waals surface area contributed by atoms with Crippen LogP contribution in [0.5, 0.6) is 5.75 Å². The van der Waals surface area contributed by atoms with Crippen LogP contribution in [0.4, 0.5) is 0 Å². The van der Waals surface area contributed by atoms with Crippen molar-refractivity contribution in [2.45, 2.75) is 26.7 Å². The molecule has 0 atom stereocenters. The summed E-state index contributed by atoms with van der Waals surface area (Å²) in [6.07, 6.45) is 2.53. The molecule has 0 spiro atoms. The summed E-state index contributed by atoms with van der Waals surface area (Å²) < 4.78 is 11.1. The fourth-order valence-corrected chi connectivity index (χ4v) is 1.87. The van der Waals surface area contributed by atoms with E-state index in [1.54, 1.807) is 0 Å². The van der Waals surface area contributed by atoms with Gasteiger partial charge in [0.25, 0.3) is 0 Å². The van der Waals surface area contributed by atoms with Gasteiger partial charge in [-0.2, -0.15) is 0 Å². The van der Waals surface area contributed by atoms with Gasteiger partial charge in [0.1, 0.15) is 12.4 Å². The molecule has 0 saturated carbocycles. The zero-order valence-corrected chi connectivity index (χ0v) is 12.7. The van der Waals surface area contributed by atoms with Gasteiger partial charge in [-0.3, -0.25) is 0 Å². The van der Waals surface area contributed by atoms with Gasteiger partial charge in [-0.05, 0) is 31.0 Å². The molecule has 0 aromatic heterocycles. The van der Waals surface area contributed by atoms with E-state index in [1.807, 2.05) is 25.1 Å². The molecule has 1 aromatic rings. The Morgan fingerprint density at radius 3 is 2.79 bits per heavy atom. The van der Waals surface area contributed by atoms with Crippen molar-refractivity contribution >= 4 is 11.6 Å². The summed E-state index contributed by atoms with van der Waals surface area (Å²) in [4.78, 5) is 0. The summed E-state index contributed by atoms with van der Waals surface area (Å²) in [7, 11) is 0. The summed E-state index contributed by atoms with van der Waals surface area (Å²) in [5.41, 5.74) is 1.14. The molecule has 19 heavy (non-hydrogen) atoms. The maximum Gasteiger partial charge on any atom is 0.138 e. The van der Waals surface area contributed by atoms with E-state index >= 15 is 0 Å². The van der Waals surface area contributed by atoms with Crippen LogP contribution in [0.1, 0.15) is 25.3 Å². The van der Waals surface area contributed by atoms with Crippen LogP contribution in [0.2, 0.25) is 5.02 Å². The minimum Gasteiger partial charge on any atom is -0.490 e. The molecule has 4 heteroatoms. The van der Waals surface area contributed by atoms with Gasteiger partial charge in [0.05, 0.1) is 31.3 Å². The van der Waals surface area contributed by atoms with E-state index in [-0.39, 0.29) is 0 Å². The number of nitrogens with two attached hydrogens (primary N) is 1. The average molecular weight is 287 g/mol. The second kappa shape index (κ2) is 10.1. The first-order valence-electron chi connectivity index (χ1n) is 7.02. The molecule has 0 aliphatic rings. The Morgan fingerprint density at radius 2 is 2.00 bits per heavy atom. The molecule has 1 aromatic carbocycles. The van der Waals surface area contributed by atoms with E-state index in [1.165, 1.54) is 19.4 Å². The van der Waals surface area contributed by atoms with Crippen molar-refractivity contribution in [3.05, 3.63) is 28.8 Å². The van der Waals surface area contributed by atoms with Crippen molar-refractivity contribution in [1.82, 2.24) is 0 Å². The van der Waals surface area contributed by atoms with E-state index in [4.69, 9.17) is 21.1 Å². The summed E-state index contributed by atoms with van der Waals surface area (Å²) in [6.45, 7) is 8.35. The van der Waals surface area contributed by atoms with Crippen molar-refractivity contribution in [2.24, 2.45) is 0 Å². The van der Waals surface area contributed by atoms with E-state index in [2.05, 4.69) is 12.2 Å². The molecule has 0 bridgehead atoms. The zero-order valence-electron chi connectivity index (χ0n) is 12.0. The Labute approximate surface area is 121 Å². The van der Waals surface area contributed by atoms with Crippen LogP contribution in [-0.2, 0) is 4.74 Å². The molecule has 0 fully saturated rings. The van der Waals surface area contributed by atoms with Crippen LogP contribution < -0.4 is 10.1 Å². The highest BCUT2D eigenvalue weighted by Crippen LogP contribution is 2.24. The van der Waals surface area contributed by atoms with Crippen LogP contribution in [-0.4, -0.2) is 32.9 Å². The number of hydrogen-bond donors (Lipinski definition) is 1. The fourth-order valence-electron chi connectivity index (χ4n) is 1.69. The third-order valence-electron chi connectivity index (χ3n) is 2.80. The number of halogens is 1. The molecule has 2 N–H and O–H groups in total. The summed E-state index contributed by atoms with van der Waals surface area (Å²) in [5, 5.41) is 2.94. The first kappa shape index (κ1) is 16.3. The molecular weight excluding hydrogens is 262 g/mol. The number of ether oxygens (including phenoxy) is 2. The lowest BCUT2D eigenvalue weighted by molar-refractivity contribution is -0.656. The Balaban J connectivity index is 2.03. The number of aryl methyl sites for hydroxylation is 1. The third-order valence-corrected chi connectivity index (χ3v) is 3.11. The fraction of sp³-hybridized carbons (Fsp3) is 0.600. The van der Waals surface area contributed by atoms with Crippen molar-refractivity contribution in [2.75, 3.05) is 32.9 Å². The van der Waals surface area contributed by atoms with Crippen molar-refractivity contribution < 1.29 is 14.8 Å². The predicted molar refractivity (Wildman–Crippen MR) is 79.1 cm³/mol. The highest BCUT2D eigenvalue weighted by molar-refractivity contribution is 6.32.